The zero-order valence-corrected chi connectivity index (χ0v) is 14.3. The first-order valence-electron chi connectivity index (χ1n) is 7.59. The van der Waals surface area contributed by atoms with Crippen LogP contribution in [0.25, 0.3) is 0 Å². The number of nitrogens with zero attached hydrogens (tertiary/aromatic N) is 3. The van der Waals surface area contributed by atoms with Gasteiger partial charge in [0.1, 0.15) is 12.2 Å². The Hall–Kier alpha value is -0.200. The molecule has 1 N–H and O–H groups in total. The highest BCUT2D eigenvalue weighted by atomic mass is 32.2. The van der Waals surface area contributed by atoms with Gasteiger partial charge in [-0.3, -0.25) is 4.68 Å². The van der Waals surface area contributed by atoms with Crippen LogP contribution in [0.3, 0.4) is 0 Å². The zero-order valence-electron chi connectivity index (χ0n) is 12.7. The number of thioether (sulfide) groups is 2. The Labute approximate surface area is 130 Å². The summed E-state index contributed by atoms with van der Waals surface area (Å²) >= 11 is 4.23. The maximum atomic E-state index is 4.45. The molecule has 2 heterocycles. The molecular weight excluding hydrogens is 288 g/mol. The molecule has 2 rings (SSSR count). The van der Waals surface area contributed by atoms with Gasteiger partial charge in [-0.05, 0) is 19.9 Å². The van der Waals surface area contributed by atoms with Gasteiger partial charge in [-0.1, -0.05) is 13.8 Å². The van der Waals surface area contributed by atoms with E-state index in [1.54, 1.807) is 6.33 Å². The van der Waals surface area contributed by atoms with E-state index in [1.807, 2.05) is 4.68 Å². The van der Waals surface area contributed by atoms with E-state index in [1.165, 1.54) is 17.9 Å². The van der Waals surface area contributed by atoms with Gasteiger partial charge in [0.25, 0.3) is 0 Å². The predicted octanol–water partition coefficient (Wildman–Crippen LogP) is 2.45. The third-order valence-electron chi connectivity index (χ3n) is 3.69. The van der Waals surface area contributed by atoms with Crippen molar-refractivity contribution < 1.29 is 0 Å². The molecule has 0 radical (unpaired) electrons. The van der Waals surface area contributed by atoms with Crippen LogP contribution in [0.5, 0.6) is 0 Å². The van der Waals surface area contributed by atoms with Gasteiger partial charge in [0.15, 0.2) is 0 Å². The monoisotopic (exact) mass is 314 g/mol. The van der Waals surface area contributed by atoms with E-state index < -0.39 is 0 Å². The first-order valence-corrected chi connectivity index (χ1v) is 9.69. The summed E-state index contributed by atoms with van der Waals surface area (Å²) in [6.07, 6.45) is 3.84. The molecule has 1 aromatic heterocycles. The number of aromatic nitrogens is 3. The smallest absolute Gasteiger partial charge is 0.138 e. The van der Waals surface area contributed by atoms with Crippen molar-refractivity contribution in [1.82, 2.24) is 20.1 Å². The minimum atomic E-state index is 0.497. The van der Waals surface area contributed by atoms with E-state index in [-0.39, 0.29) is 0 Å². The van der Waals surface area contributed by atoms with E-state index in [9.17, 15) is 0 Å². The third kappa shape index (κ3) is 4.15. The van der Waals surface area contributed by atoms with E-state index in [4.69, 9.17) is 0 Å². The number of nitrogens with one attached hydrogen (secondary N) is 1. The fourth-order valence-corrected chi connectivity index (χ4v) is 5.59. The summed E-state index contributed by atoms with van der Waals surface area (Å²) in [6.45, 7) is 8.70. The summed E-state index contributed by atoms with van der Waals surface area (Å²) in [4.78, 5) is 4.45. The van der Waals surface area contributed by atoms with Crippen molar-refractivity contribution >= 4 is 23.5 Å². The van der Waals surface area contributed by atoms with Gasteiger partial charge in [0.05, 0.1) is 0 Å². The lowest BCUT2D eigenvalue weighted by molar-refractivity contribution is 0.464. The van der Waals surface area contributed by atoms with Crippen molar-refractivity contribution in [2.45, 2.75) is 56.7 Å². The van der Waals surface area contributed by atoms with Crippen LogP contribution in [0.1, 0.15) is 33.0 Å². The first-order chi connectivity index (χ1) is 9.76. The maximum absolute atomic E-state index is 4.45. The van der Waals surface area contributed by atoms with Crippen molar-refractivity contribution in [3.8, 4) is 0 Å². The van der Waals surface area contributed by atoms with Crippen LogP contribution in [0.2, 0.25) is 0 Å². The normalized spacial score (nSPS) is 24.8. The Morgan fingerprint density at radius 1 is 1.40 bits per heavy atom. The molecule has 1 aromatic rings. The largest absolute Gasteiger partial charge is 0.312 e. The lowest BCUT2D eigenvalue weighted by Crippen LogP contribution is -2.46. The fraction of sp³-hybridized carbons (Fsp3) is 0.857. The van der Waals surface area contributed by atoms with Crippen molar-refractivity contribution in [1.29, 1.82) is 0 Å². The molecule has 0 saturated carbocycles. The number of rotatable bonds is 7. The molecule has 1 aliphatic rings. The number of aryl methyl sites for hydroxylation is 1. The van der Waals surface area contributed by atoms with Crippen molar-refractivity contribution in [2.24, 2.45) is 0 Å². The molecule has 1 saturated heterocycles. The Morgan fingerprint density at radius 3 is 2.90 bits per heavy atom. The molecule has 3 unspecified atom stereocenters. The highest BCUT2D eigenvalue weighted by molar-refractivity contribution is 8.07. The molecule has 6 heteroatoms. The van der Waals surface area contributed by atoms with Crippen molar-refractivity contribution in [2.75, 3.05) is 18.1 Å². The van der Waals surface area contributed by atoms with Gasteiger partial charge in [-0.15, -0.1) is 0 Å². The average Bonchev–Trinajstić information content (AvgIpc) is 2.91. The Balaban J connectivity index is 2.06. The number of hydrogen-bond acceptors (Lipinski definition) is 5. The van der Waals surface area contributed by atoms with Crippen LogP contribution >= 0.6 is 23.5 Å². The van der Waals surface area contributed by atoms with Crippen LogP contribution in [0.4, 0.5) is 0 Å². The third-order valence-corrected chi connectivity index (χ3v) is 6.94. The molecule has 1 fully saturated rings. The van der Waals surface area contributed by atoms with Crippen LogP contribution in [-0.4, -0.2) is 49.4 Å². The topological polar surface area (TPSA) is 42.7 Å². The molecule has 20 heavy (non-hydrogen) atoms. The standard InChI is InChI=1S/C14H26N4S2/c1-4-6-15-12(14-11(3)19-7-8-20-14)9-13-16-10-17-18(13)5-2/h10-12,14-15H,4-9H2,1-3H3. The fourth-order valence-electron chi connectivity index (χ4n) is 2.63. The Bertz CT molecular complexity index is 396. The Kier molecular flexibility index (Phi) is 6.71. The van der Waals surface area contributed by atoms with Gasteiger partial charge in [0, 0.05) is 41.0 Å². The van der Waals surface area contributed by atoms with Gasteiger partial charge >= 0.3 is 0 Å². The summed E-state index contributed by atoms with van der Waals surface area (Å²) in [5, 5.41) is 9.42. The van der Waals surface area contributed by atoms with E-state index >= 15 is 0 Å². The Morgan fingerprint density at radius 2 is 2.20 bits per heavy atom. The van der Waals surface area contributed by atoms with Crippen molar-refractivity contribution in [3.05, 3.63) is 12.2 Å². The van der Waals surface area contributed by atoms with Crippen LogP contribution in [0, 0.1) is 0 Å². The summed E-state index contributed by atoms with van der Waals surface area (Å²) in [5.74, 6) is 3.67. The minimum absolute atomic E-state index is 0.497. The molecule has 0 aromatic carbocycles. The lowest BCUT2D eigenvalue weighted by atomic mass is 10.1. The molecule has 114 valence electrons. The summed E-state index contributed by atoms with van der Waals surface area (Å²) in [6, 6.07) is 0.497. The first kappa shape index (κ1) is 16.2. The predicted molar refractivity (Wildman–Crippen MR) is 89.6 cm³/mol. The average molecular weight is 315 g/mol. The van der Waals surface area contributed by atoms with E-state index in [2.05, 4.69) is 59.7 Å². The van der Waals surface area contributed by atoms with E-state index in [0.29, 0.717) is 16.5 Å². The molecule has 0 amide bonds. The molecule has 3 atom stereocenters. The highest BCUT2D eigenvalue weighted by Crippen LogP contribution is 2.33. The lowest BCUT2D eigenvalue weighted by Gasteiger charge is -2.35. The van der Waals surface area contributed by atoms with E-state index in [0.717, 1.165) is 25.3 Å². The summed E-state index contributed by atoms with van der Waals surface area (Å²) in [5.41, 5.74) is 0. The van der Waals surface area contributed by atoms with Gasteiger partial charge in [0.2, 0.25) is 0 Å². The molecule has 0 spiro atoms. The van der Waals surface area contributed by atoms with Crippen molar-refractivity contribution in [3.63, 3.8) is 0 Å². The second-order valence-electron chi connectivity index (χ2n) is 5.17. The summed E-state index contributed by atoms with van der Waals surface area (Å²) < 4.78 is 2.02. The molecule has 1 aliphatic heterocycles. The molecule has 4 nitrogen and oxygen atoms in total. The number of hydrogen-bond donors (Lipinski definition) is 1. The second kappa shape index (κ2) is 8.29. The SMILES string of the molecule is CCCNC(Cc1ncnn1CC)C1SCCSC1C. The summed E-state index contributed by atoms with van der Waals surface area (Å²) in [7, 11) is 0. The molecule has 0 bridgehead atoms. The quantitative estimate of drug-likeness (QED) is 0.837. The highest BCUT2D eigenvalue weighted by Gasteiger charge is 2.31. The van der Waals surface area contributed by atoms with Crippen LogP contribution < -0.4 is 5.32 Å². The molecule has 0 aliphatic carbocycles. The minimum Gasteiger partial charge on any atom is -0.312 e. The maximum Gasteiger partial charge on any atom is 0.138 e. The van der Waals surface area contributed by atoms with Crippen LogP contribution in [-0.2, 0) is 13.0 Å². The second-order valence-corrected chi connectivity index (χ2v) is 7.94. The zero-order chi connectivity index (χ0) is 14.4. The van der Waals surface area contributed by atoms with Gasteiger partial charge in [-0.25, -0.2) is 4.98 Å². The van der Waals surface area contributed by atoms with Gasteiger partial charge < -0.3 is 5.32 Å². The molecular formula is C14H26N4S2. The van der Waals surface area contributed by atoms with Gasteiger partial charge in [-0.2, -0.15) is 28.6 Å². The van der Waals surface area contributed by atoms with Crippen LogP contribution in [0.15, 0.2) is 6.33 Å².